The Kier molecular flexibility index (Phi) is 5.49. The first-order chi connectivity index (χ1) is 12.1. The minimum absolute atomic E-state index is 0.142. The lowest BCUT2D eigenvalue weighted by molar-refractivity contribution is -0.138. The molecule has 2 N–H and O–H groups in total. The van der Waals surface area contributed by atoms with E-state index in [4.69, 9.17) is 15.2 Å². The van der Waals surface area contributed by atoms with E-state index in [0.717, 1.165) is 75.5 Å². The van der Waals surface area contributed by atoms with Gasteiger partial charge >= 0.3 is 0 Å². The molecule has 6 heteroatoms. The molecule has 6 nitrogen and oxygen atoms in total. The molecule has 0 unspecified atom stereocenters. The average molecular weight is 347 g/mol. The molecule has 0 bridgehead atoms. The Labute approximate surface area is 149 Å². The van der Waals surface area contributed by atoms with Gasteiger partial charge in [-0.1, -0.05) is 12.8 Å². The number of benzene rings is 1. The number of hydrogen-bond donors (Lipinski definition) is 1. The largest absolute Gasteiger partial charge is 0.497 e. The lowest BCUT2D eigenvalue weighted by Crippen LogP contribution is -2.58. The number of methoxy groups -OCH3 is 2. The van der Waals surface area contributed by atoms with Crippen molar-refractivity contribution in [3.05, 3.63) is 23.8 Å². The van der Waals surface area contributed by atoms with Crippen LogP contribution in [0.2, 0.25) is 0 Å². The second-order valence-electron chi connectivity index (χ2n) is 7.11. The van der Waals surface area contributed by atoms with Crippen molar-refractivity contribution in [1.82, 2.24) is 9.80 Å². The van der Waals surface area contributed by atoms with E-state index in [1.807, 2.05) is 23.1 Å². The Balaban J connectivity index is 1.59. The van der Waals surface area contributed by atoms with E-state index < -0.39 is 5.54 Å². The second kappa shape index (κ2) is 7.62. The molecule has 2 fully saturated rings. The smallest absolute Gasteiger partial charge is 0.242 e. The van der Waals surface area contributed by atoms with Crippen molar-refractivity contribution in [3.8, 4) is 11.5 Å². The summed E-state index contributed by atoms with van der Waals surface area (Å²) in [6, 6.07) is 5.86. The standard InChI is InChI=1S/C19H29N3O3/c1-24-16-5-6-17(25-2)15(13-16)14-21-9-11-22(12-10-21)18(23)19(20)7-3-4-8-19/h5-6,13H,3-4,7-12,14,20H2,1-2H3. The molecule has 0 atom stereocenters. The van der Waals surface area contributed by atoms with E-state index in [-0.39, 0.29) is 5.91 Å². The summed E-state index contributed by atoms with van der Waals surface area (Å²) in [5, 5.41) is 0. The van der Waals surface area contributed by atoms with Crippen LogP contribution < -0.4 is 15.2 Å². The van der Waals surface area contributed by atoms with Crippen molar-refractivity contribution in [3.63, 3.8) is 0 Å². The fourth-order valence-electron chi connectivity index (χ4n) is 3.89. The van der Waals surface area contributed by atoms with Gasteiger partial charge in [0.15, 0.2) is 0 Å². The quantitative estimate of drug-likeness (QED) is 0.877. The van der Waals surface area contributed by atoms with Crippen LogP contribution in [0.15, 0.2) is 18.2 Å². The number of carbonyl (C=O) groups excluding carboxylic acids is 1. The number of amides is 1. The summed E-state index contributed by atoms with van der Waals surface area (Å²) in [5.74, 6) is 1.84. The molecular weight excluding hydrogens is 318 g/mol. The van der Waals surface area contributed by atoms with E-state index in [2.05, 4.69) is 4.90 Å². The van der Waals surface area contributed by atoms with Gasteiger partial charge in [-0.3, -0.25) is 9.69 Å². The lowest BCUT2D eigenvalue weighted by Gasteiger charge is -2.38. The van der Waals surface area contributed by atoms with E-state index in [0.29, 0.717) is 0 Å². The highest BCUT2D eigenvalue weighted by Crippen LogP contribution is 2.30. The molecule has 1 aliphatic heterocycles. The van der Waals surface area contributed by atoms with Crippen molar-refractivity contribution in [1.29, 1.82) is 0 Å². The van der Waals surface area contributed by atoms with E-state index in [1.54, 1.807) is 14.2 Å². The van der Waals surface area contributed by atoms with Gasteiger partial charge < -0.3 is 20.1 Å². The van der Waals surface area contributed by atoms with Gasteiger partial charge in [-0.15, -0.1) is 0 Å². The van der Waals surface area contributed by atoms with Crippen LogP contribution in [-0.4, -0.2) is 61.6 Å². The molecule has 2 aliphatic rings. The molecule has 138 valence electrons. The summed E-state index contributed by atoms with van der Waals surface area (Å²) in [7, 11) is 3.35. The summed E-state index contributed by atoms with van der Waals surface area (Å²) in [5.41, 5.74) is 6.82. The average Bonchev–Trinajstić information content (AvgIpc) is 3.09. The van der Waals surface area contributed by atoms with Gasteiger partial charge in [0, 0.05) is 38.3 Å². The van der Waals surface area contributed by atoms with E-state index in [9.17, 15) is 4.79 Å². The number of carbonyl (C=O) groups is 1. The summed E-state index contributed by atoms with van der Waals surface area (Å²) in [6.45, 7) is 3.97. The highest BCUT2D eigenvalue weighted by molar-refractivity contribution is 5.86. The molecular formula is C19H29N3O3. The van der Waals surface area contributed by atoms with Crippen LogP contribution in [0.25, 0.3) is 0 Å². The highest BCUT2D eigenvalue weighted by Gasteiger charge is 2.40. The first-order valence-corrected chi connectivity index (χ1v) is 9.07. The van der Waals surface area contributed by atoms with Crippen LogP contribution in [0.5, 0.6) is 11.5 Å². The summed E-state index contributed by atoms with van der Waals surface area (Å²) < 4.78 is 10.8. The molecule has 0 spiro atoms. The second-order valence-corrected chi connectivity index (χ2v) is 7.11. The fraction of sp³-hybridized carbons (Fsp3) is 0.632. The molecule has 1 amide bonds. The van der Waals surface area contributed by atoms with Gasteiger partial charge in [-0.2, -0.15) is 0 Å². The fourth-order valence-corrected chi connectivity index (χ4v) is 3.89. The normalized spacial score (nSPS) is 20.5. The molecule has 1 heterocycles. The Hall–Kier alpha value is -1.79. The van der Waals surface area contributed by atoms with Gasteiger partial charge in [0.2, 0.25) is 5.91 Å². The maximum Gasteiger partial charge on any atom is 0.242 e. The molecule has 25 heavy (non-hydrogen) atoms. The Bertz CT molecular complexity index is 606. The van der Waals surface area contributed by atoms with Crippen LogP contribution in [0, 0.1) is 0 Å². The summed E-state index contributed by atoms with van der Waals surface area (Å²) in [6.07, 6.45) is 3.79. The monoisotopic (exact) mass is 347 g/mol. The zero-order chi connectivity index (χ0) is 17.9. The van der Waals surface area contributed by atoms with Crippen LogP contribution >= 0.6 is 0 Å². The van der Waals surface area contributed by atoms with Crippen LogP contribution in [-0.2, 0) is 11.3 Å². The number of nitrogens with zero attached hydrogens (tertiary/aromatic N) is 2. The van der Waals surface area contributed by atoms with Crippen LogP contribution in [0.3, 0.4) is 0 Å². The third kappa shape index (κ3) is 3.90. The van der Waals surface area contributed by atoms with Crippen molar-refractivity contribution in [2.45, 2.75) is 37.8 Å². The molecule has 1 aromatic rings. The zero-order valence-electron chi connectivity index (χ0n) is 15.3. The van der Waals surface area contributed by atoms with Crippen molar-refractivity contribution in [2.24, 2.45) is 5.73 Å². The topological polar surface area (TPSA) is 68.0 Å². The Morgan fingerprint density at radius 1 is 1.12 bits per heavy atom. The van der Waals surface area contributed by atoms with Gasteiger partial charge in [-0.05, 0) is 31.0 Å². The number of ether oxygens (including phenoxy) is 2. The number of nitrogens with two attached hydrogens (primary N) is 1. The number of hydrogen-bond acceptors (Lipinski definition) is 5. The van der Waals surface area contributed by atoms with Gasteiger partial charge in [0.1, 0.15) is 11.5 Å². The molecule has 1 saturated heterocycles. The van der Waals surface area contributed by atoms with Gasteiger partial charge in [0.05, 0.1) is 19.8 Å². The zero-order valence-corrected chi connectivity index (χ0v) is 15.3. The molecule has 0 radical (unpaired) electrons. The number of rotatable bonds is 5. The maximum atomic E-state index is 12.7. The van der Waals surface area contributed by atoms with E-state index >= 15 is 0 Å². The van der Waals surface area contributed by atoms with E-state index in [1.165, 1.54) is 0 Å². The van der Waals surface area contributed by atoms with Crippen molar-refractivity contribution >= 4 is 5.91 Å². The minimum Gasteiger partial charge on any atom is -0.497 e. The Morgan fingerprint density at radius 2 is 1.80 bits per heavy atom. The highest BCUT2D eigenvalue weighted by atomic mass is 16.5. The third-order valence-electron chi connectivity index (χ3n) is 5.46. The predicted octanol–water partition coefficient (Wildman–Crippen LogP) is 1.62. The Morgan fingerprint density at radius 3 is 2.40 bits per heavy atom. The minimum atomic E-state index is -0.613. The summed E-state index contributed by atoms with van der Waals surface area (Å²) >= 11 is 0. The van der Waals surface area contributed by atoms with Crippen molar-refractivity contribution in [2.75, 3.05) is 40.4 Å². The first kappa shape index (κ1) is 18.0. The molecule has 1 aromatic carbocycles. The van der Waals surface area contributed by atoms with Crippen molar-refractivity contribution < 1.29 is 14.3 Å². The van der Waals surface area contributed by atoms with Crippen LogP contribution in [0.4, 0.5) is 0 Å². The molecule has 1 aliphatic carbocycles. The van der Waals surface area contributed by atoms with Gasteiger partial charge in [-0.25, -0.2) is 0 Å². The molecule has 3 rings (SSSR count). The van der Waals surface area contributed by atoms with Gasteiger partial charge in [0.25, 0.3) is 0 Å². The SMILES string of the molecule is COc1ccc(OC)c(CN2CCN(C(=O)C3(N)CCCC3)CC2)c1. The number of piperazine rings is 1. The third-order valence-corrected chi connectivity index (χ3v) is 5.46. The molecule has 1 saturated carbocycles. The maximum absolute atomic E-state index is 12.7. The lowest BCUT2D eigenvalue weighted by atomic mass is 9.97. The van der Waals surface area contributed by atoms with Crippen LogP contribution in [0.1, 0.15) is 31.2 Å². The first-order valence-electron chi connectivity index (χ1n) is 9.07. The predicted molar refractivity (Wildman–Crippen MR) is 96.8 cm³/mol. The summed E-state index contributed by atoms with van der Waals surface area (Å²) in [4.78, 5) is 17.0. The molecule has 0 aromatic heterocycles.